The smallest absolute Gasteiger partial charge is 0.242 e. The molecule has 1 unspecified atom stereocenters. The lowest BCUT2D eigenvalue weighted by atomic mass is 9.90. The Kier molecular flexibility index (Phi) is 9.61. The lowest BCUT2D eigenvalue weighted by molar-refractivity contribution is -0.119. The molecule has 1 amide bonds. The molecule has 3 N–H and O–H groups in total. The van der Waals surface area contributed by atoms with Crippen LogP contribution in [0.15, 0.2) is 53.5 Å². The predicted octanol–water partition coefficient (Wildman–Crippen LogP) is 3.79. The second kappa shape index (κ2) is 11.9. The van der Waals surface area contributed by atoms with Crippen molar-refractivity contribution in [1.29, 1.82) is 0 Å². The van der Waals surface area contributed by atoms with Gasteiger partial charge < -0.3 is 25.4 Å². The predicted molar refractivity (Wildman–Crippen MR) is 138 cm³/mol. The van der Waals surface area contributed by atoms with Gasteiger partial charge in [0, 0.05) is 25.1 Å². The van der Waals surface area contributed by atoms with Crippen molar-refractivity contribution in [2.24, 2.45) is 4.99 Å². The highest BCUT2D eigenvalue weighted by molar-refractivity contribution is 14.0. The van der Waals surface area contributed by atoms with Gasteiger partial charge in [0.2, 0.25) is 5.91 Å². The lowest BCUT2D eigenvalue weighted by Gasteiger charge is -2.38. The van der Waals surface area contributed by atoms with E-state index in [0.29, 0.717) is 19.0 Å². The second-order valence-electron chi connectivity index (χ2n) is 8.12. The highest BCUT2D eigenvalue weighted by atomic mass is 127. The molecule has 1 atom stereocenters. The fraction of sp³-hybridized carbons (Fsp3) is 0.417. The number of aliphatic imine (C=N–C) groups is 1. The number of hydrogen-bond donors (Lipinski definition) is 3. The molecule has 32 heavy (non-hydrogen) atoms. The van der Waals surface area contributed by atoms with Gasteiger partial charge in [0.15, 0.2) is 5.96 Å². The zero-order valence-corrected chi connectivity index (χ0v) is 21.4. The summed E-state index contributed by atoms with van der Waals surface area (Å²) in [6.07, 6.45) is 0.790. The van der Waals surface area contributed by atoms with Crippen molar-refractivity contribution in [2.75, 3.05) is 20.2 Å². The molecule has 3 rings (SSSR count). The molecule has 174 valence electrons. The van der Waals surface area contributed by atoms with Crippen LogP contribution in [0.5, 0.6) is 11.5 Å². The van der Waals surface area contributed by atoms with E-state index in [1.807, 2.05) is 49.4 Å². The van der Waals surface area contributed by atoms with Gasteiger partial charge >= 0.3 is 0 Å². The van der Waals surface area contributed by atoms with Crippen molar-refractivity contribution in [3.63, 3.8) is 0 Å². The number of hydrogen-bond acceptors (Lipinski definition) is 4. The highest BCUT2D eigenvalue weighted by Crippen LogP contribution is 2.39. The summed E-state index contributed by atoms with van der Waals surface area (Å²) < 4.78 is 11.3. The third kappa shape index (κ3) is 7.29. The average molecular weight is 552 g/mol. The summed E-state index contributed by atoms with van der Waals surface area (Å²) in [6.45, 7) is 7.35. The van der Waals surface area contributed by atoms with Gasteiger partial charge in [-0.15, -0.1) is 24.0 Å². The molecule has 0 fully saturated rings. The van der Waals surface area contributed by atoms with Gasteiger partial charge in [-0.3, -0.25) is 4.79 Å². The SMILES string of the molecule is CCNC(=NCC(=O)NCc1ccc(OC)cc1)NC1CC(C)(C)Oc2ccccc21.I. The summed E-state index contributed by atoms with van der Waals surface area (Å²) in [6, 6.07) is 15.7. The molecule has 0 spiro atoms. The Bertz CT molecular complexity index is 916. The van der Waals surface area contributed by atoms with E-state index in [1.165, 1.54) is 0 Å². The molecular weight excluding hydrogens is 519 g/mol. The van der Waals surface area contributed by atoms with E-state index < -0.39 is 0 Å². The van der Waals surface area contributed by atoms with Crippen molar-refractivity contribution in [1.82, 2.24) is 16.0 Å². The van der Waals surface area contributed by atoms with Crippen LogP contribution in [0.3, 0.4) is 0 Å². The minimum absolute atomic E-state index is 0. The number of carbonyl (C=O) groups excluding carboxylic acids is 1. The Morgan fingerprint density at radius 3 is 2.56 bits per heavy atom. The fourth-order valence-corrected chi connectivity index (χ4v) is 3.57. The number of carbonyl (C=O) groups is 1. The van der Waals surface area contributed by atoms with Crippen LogP contribution >= 0.6 is 24.0 Å². The Morgan fingerprint density at radius 2 is 1.88 bits per heavy atom. The maximum Gasteiger partial charge on any atom is 0.242 e. The summed E-state index contributed by atoms with van der Waals surface area (Å²) >= 11 is 0. The van der Waals surface area contributed by atoms with Crippen molar-refractivity contribution in [2.45, 2.75) is 45.4 Å². The minimum atomic E-state index is -0.293. The van der Waals surface area contributed by atoms with Crippen LogP contribution in [-0.2, 0) is 11.3 Å². The van der Waals surface area contributed by atoms with Crippen molar-refractivity contribution < 1.29 is 14.3 Å². The van der Waals surface area contributed by atoms with E-state index in [2.05, 4.69) is 40.9 Å². The number of rotatable bonds is 7. The monoisotopic (exact) mass is 552 g/mol. The molecule has 2 aromatic carbocycles. The van der Waals surface area contributed by atoms with Gasteiger partial charge in [-0.05, 0) is 44.5 Å². The summed E-state index contributed by atoms with van der Waals surface area (Å²) in [4.78, 5) is 16.8. The van der Waals surface area contributed by atoms with Gasteiger partial charge in [-0.25, -0.2) is 4.99 Å². The number of guanidine groups is 1. The first-order valence-corrected chi connectivity index (χ1v) is 10.6. The molecule has 7 nitrogen and oxygen atoms in total. The van der Waals surface area contributed by atoms with Crippen molar-refractivity contribution in [3.8, 4) is 11.5 Å². The third-order valence-electron chi connectivity index (χ3n) is 5.06. The van der Waals surface area contributed by atoms with Crippen LogP contribution in [0, 0.1) is 0 Å². The molecule has 8 heteroatoms. The number of ether oxygens (including phenoxy) is 2. The molecule has 0 saturated heterocycles. The Hall–Kier alpha value is -2.49. The average Bonchev–Trinajstić information content (AvgIpc) is 2.75. The maximum atomic E-state index is 12.3. The minimum Gasteiger partial charge on any atom is -0.497 e. The number of nitrogens with zero attached hydrogens (tertiary/aromatic N) is 1. The number of methoxy groups -OCH3 is 1. The van der Waals surface area contributed by atoms with Crippen LogP contribution in [0.1, 0.15) is 44.4 Å². The number of para-hydroxylation sites is 1. The van der Waals surface area contributed by atoms with E-state index in [-0.39, 0.29) is 48.1 Å². The first kappa shape index (κ1) is 25.8. The second-order valence-corrected chi connectivity index (χ2v) is 8.12. The van der Waals surface area contributed by atoms with E-state index in [1.54, 1.807) is 7.11 Å². The molecule has 0 bridgehead atoms. The molecule has 0 aromatic heterocycles. The van der Waals surface area contributed by atoms with Gasteiger partial charge in [0.1, 0.15) is 23.6 Å². The van der Waals surface area contributed by atoms with Crippen LogP contribution < -0.4 is 25.4 Å². The molecule has 0 saturated carbocycles. The van der Waals surface area contributed by atoms with Crippen LogP contribution in [0.2, 0.25) is 0 Å². The molecule has 1 heterocycles. The van der Waals surface area contributed by atoms with Crippen LogP contribution in [0.4, 0.5) is 0 Å². The summed E-state index contributed by atoms with van der Waals surface area (Å²) in [5, 5.41) is 9.61. The van der Waals surface area contributed by atoms with Gasteiger partial charge in [0.25, 0.3) is 0 Å². The number of amides is 1. The van der Waals surface area contributed by atoms with Gasteiger partial charge in [0.05, 0.1) is 13.2 Å². The number of fused-ring (bicyclic) bond motifs is 1. The first-order chi connectivity index (χ1) is 14.9. The lowest BCUT2D eigenvalue weighted by Crippen LogP contribution is -2.45. The highest BCUT2D eigenvalue weighted by Gasteiger charge is 2.33. The van der Waals surface area contributed by atoms with Crippen LogP contribution in [-0.4, -0.2) is 37.7 Å². The molecular formula is C24H33IN4O3. The molecule has 0 radical (unpaired) electrons. The molecule has 2 aromatic rings. The quantitative estimate of drug-likeness (QED) is 0.277. The number of benzene rings is 2. The molecule has 1 aliphatic rings. The van der Waals surface area contributed by atoms with E-state index in [0.717, 1.165) is 29.0 Å². The zero-order valence-electron chi connectivity index (χ0n) is 19.1. The summed E-state index contributed by atoms with van der Waals surface area (Å²) in [5.41, 5.74) is 1.81. The van der Waals surface area contributed by atoms with Crippen molar-refractivity contribution >= 4 is 35.8 Å². The van der Waals surface area contributed by atoms with E-state index in [4.69, 9.17) is 9.47 Å². The van der Waals surface area contributed by atoms with Gasteiger partial charge in [-0.1, -0.05) is 30.3 Å². The Morgan fingerprint density at radius 1 is 1.16 bits per heavy atom. The summed E-state index contributed by atoms with van der Waals surface area (Å²) in [5.74, 6) is 2.14. The topological polar surface area (TPSA) is 84.0 Å². The molecule has 1 aliphatic heterocycles. The third-order valence-corrected chi connectivity index (χ3v) is 5.06. The van der Waals surface area contributed by atoms with Crippen molar-refractivity contribution in [3.05, 3.63) is 59.7 Å². The van der Waals surface area contributed by atoms with Crippen LogP contribution in [0.25, 0.3) is 0 Å². The maximum absolute atomic E-state index is 12.3. The van der Waals surface area contributed by atoms with Gasteiger partial charge in [-0.2, -0.15) is 0 Å². The first-order valence-electron chi connectivity index (χ1n) is 10.6. The zero-order chi connectivity index (χ0) is 22.3. The standard InChI is InChI=1S/C24H32N4O3.HI/c1-5-25-23(27-16-22(29)26-15-17-10-12-18(30-4)13-11-17)28-20-14-24(2,3)31-21-9-7-6-8-19(20)21;/h6-13,20H,5,14-16H2,1-4H3,(H,26,29)(H2,25,27,28);1H. The Balaban J connectivity index is 0.00000363. The van der Waals surface area contributed by atoms with E-state index >= 15 is 0 Å². The number of nitrogens with one attached hydrogen (secondary N) is 3. The summed E-state index contributed by atoms with van der Waals surface area (Å²) in [7, 11) is 1.63. The largest absolute Gasteiger partial charge is 0.497 e. The molecule has 0 aliphatic carbocycles. The van der Waals surface area contributed by atoms with E-state index in [9.17, 15) is 4.79 Å². The fourth-order valence-electron chi connectivity index (χ4n) is 3.57. The normalized spacial score (nSPS) is 16.6. The number of halogens is 1. The Labute approximate surface area is 207 Å².